The van der Waals surface area contributed by atoms with Crippen LogP contribution in [0.1, 0.15) is 15.9 Å². The average Bonchev–Trinajstić information content (AvgIpc) is 2.37. The number of thiol groups is 1. The van der Waals surface area contributed by atoms with Crippen LogP contribution in [0.2, 0.25) is 0 Å². The number of hydrogen-bond donors (Lipinski definition) is 2. The Bertz CT molecular complexity index is 618. The maximum atomic E-state index is 13.4. The molecule has 5 heteroatoms. The number of benzene rings is 2. The number of halogens is 2. The van der Waals surface area contributed by atoms with E-state index in [0.29, 0.717) is 16.0 Å². The van der Waals surface area contributed by atoms with E-state index in [1.807, 2.05) is 0 Å². The van der Waals surface area contributed by atoms with Gasteiger partial charge in [-0.25, -0.2) is 4.39 Å². The van der Waals surface area contributed by atoms with Crippen LogP contribution < -0.4 is 5.32 Å². The quantitative estimate of drug-likeness (QED) is 0.818. The van der Waals surface area contributed by atoms with E-state index >= 15 is 0 Å². The number of nitrogens with one attached hydrogen (secondary N) is 1. The summed E-state index contributed by atoms with van der Waals surface area (Å²) >= 11 is 7.54. The van der Waals surface area contributed by atoms with Crippen LogP contribution in [0.5, 0.6) is 0 Å². The smallest absolute Gasteiger partial charge is 0.252 e. The lowest BCUT2D eigenvalue weighted by molar-refractivity contribution is 0.0947. The normalized spacial score (nSPS) is 10.3. The Labute approximate surface area is 124 Å². The largest absolute Gasteiger partial charge is 0.348 e. The first-order valence-corrected chi connectivity index (χ1v) is 6.82. The zero-order valence-corrected chi connectivity index (χ0v) is 12.3. The minimum Gasteiger partial charge on any atom is -0.348 e. The zero-order valence-electron chi connectivity index (χ0n) is 9.86. The summed E-state index contributed by atoms with van der Waals surface area (Å²) in [4.78, 5) is 12.5. The van der Waals surface area contributed by atoms with Gasteiger partial charge in [-0.3, -0.25) is 4.79 Å². The molecule has 0 aromatic heterocycles. The monoisotopic (exact) mass is 339 g/mol. The van der Waals surface area contributed by atoms with Crippen LogP contribution in [0.3, 0.4) is 0 Å². The van der Waals surface area contributed by atoms with E-state index in [1.54, 1.807) is 36.4 Å². The van der Waals surface area contributed by atoms with E-state index in [0.717, 1.165) is 4.47 Å². The lowest BCUT2D eigenvalue weighted by Crippen LogP contribution is -2.23. The second kappa shape index (κ2) is 6.21. The predicted octanol–water partition coefficient (Wildman–Crippen LogP) is 3.81. The third-order valence-corrected chi connectivity index (χ3v) is 3.46. The minimum absolute atomic E-state index is 0.148. The molecule has 0 heterocycles. The second-order valence-corrected chi connectivity index (χ2v) is 5.33. The third kappa shape index (κ3) is 3.58. The van der Waals surface area contributed by atoms with Gasteiger partial charge in [0, 0.05) is 21.5 Å². The minimum atomic E-state index is -0.329. The maximum Gasteiger partial charge on any atom is 0.252 e. The lowest BCUT2D eigenvalue weighted by atomic mass is 10.2. The molecule has 0 aliphatic rings. The molecule has 0 atom stereocenters. The molecule has 0 bridgehead atoms. The van der Waals surface area contributed by atoms with Gasteiger partial charge in [-0.1, -0.05) is 34.1 Å². The van der Waals surface area contributed by atoms with Gasteiger partial charge in [-0.2, -0.15) is 0 Å². The van der Waals surface area contributed by atoms with Crippen molar-refractivity contribution in [3.05, 3.63) is 63.9 Å². The van der Waals surface area contributed by atoms with Gasteiger partial charge in [0.1, 0.15) is 5.82 Å². The Hall–Kier alpha value is -1.33. The van der Waals surface area contributed by atoms with Crippen LogP contribution in [-0.4, -0.2) is 5.91 Å². The van der Waals surface area contributed by atoms with Gasteiger partial charge in [0.15, 0.2) is 0 Å². The number of carbonyl (C=O) groups is 1. The molecule has 98 valence electrons. The first-order chi connectivity index (χ1) is 9.08. The molecular weight excluding hydrogens is 329 g/mol. The number of carbonyl (C=O) groups excluding carboxylic acids is 1. The Morgan fingerprint density at radius 1 is 1.26 bits per heavy atom. The summed E-state index contributed by atoms with van der Waals surface area (Å²) in [6.07, 6.45) is 0. The van der Waals surface area contributed by atoms with Crippen molar-refractivity contribution in [2.45, 2.75) is 11.4 Å². The number of hydrogen-bond acceptors (Lipinski definition) is 2. The molecule has 0 saturated heterocycles. The molecule has 2 aromatic rings. The second-order valence-electron chi connectivity index (χ2n) is 3.94. The molecule has 0 aliphatic heterocycles. The van der Waals surface area contributed by atoms with Crippen LogP contribution in [0.15, 0.2) is 51.8 Å². The Kier molecular flexibility index (Phi) is 4.61. The number of amides is 1. The average molecular weight is 340 g/mol. The summed E-state index contributed by atoms with van der Waals surface area (Å²) in [5, 5.41) is 2.67. The van der Waals surface area contributed by atoms with E-state index in [-0.39, 0.29) is 18.3 Å². The van der Waals surface area contributed by atoms with Gasteiger partial charge < -0.3 is 5.32 Å². The summed E-state index contributed by atoms with van der Waals surface area (Å²) in [6, 6.07) is 11.5. The van der Waals surface area contributed by atoms with Gasteiger partial charge in [0.2, 0.25) is 0 Å². The molecular formula is C14H11BrFNOS. The van der Waals surface area contributed by atoms with E-state index in [4.69, 9.17) is 0 Å². The summed E-state index contributed by atoms with van der Waals surface area (Å²) in [6.45, 7) is 0.148. The predicted molar refractivity (Wildman–Crippen MR) is 79.0 cm³/mol. The Morgan fingerprint density at radius 2 is 2.00 bits per heavy atom. The van der Waals surface area contributed by atoms with E-state index in [2.05, 4.69) is 33.9 Å². The molecule has 2 nitrogen and oxygen atoms in total. The van der Waals surface area contributed by atoms with Crippen LogP contribution in [0.4, 0.5) is 4.39 Å². The van der Waals surface area contributed by atoms with Crippen LogP contribution in [0, 0.1) is 5.82 Å². The molecule has 19 heavy (non-hydrogen) atoms. The summed E-state index contributed by atoms with van der Waals surface area (Å²) in [5.74, 6) is -0.606. The molecule has 0 radical (unpaired) electrons. The van der Waals surface area contributed by atoms with Crippen LogP contribution in [0.25, 0.3) is 0 Å². The fourth-order valence-electron chi connectivity index (χ4n) is 1.61. The summed E-state index contributed by atoms with van der Waals surface area (Å²) < 4.78 is 14.3. The van der Waals surface area contributed by atoms with Gasteiger partial charge in [0.25, 0.3) is 5.91 Å². The molecule has 0 spiro atoms. The topological polar surface area (TPSA) is 29.1 Å². The first-order valence-electron chi connectivity index (χ1n) is 5.58. The molecule has 2 aromatic carbocycles. The molecule has 0 unspecified atom stereocenters. The SMILES string of the molecule is O=C(NCc1ccccc1F)c1ccc(Br)cc1S. The van der Waals surface area contributed by atoms with Gasteiger partial charge in [-0.05, 0) is 24.3 Å². The van der Waals surface area contributed by atoms with Gasteiger partial charge >= 0.3 is 0 Å². The molecule has 0 aliphatic carbocycles. The molecule has 2 rings (SSSR count). The molecule has 1 amide bonds. The number of rotatable bonds is 3. The highest BCUT2D eigenvalue weighted by atomic mass is 79.9. The van der Waals surface area contributed by atoms with Crippen molar-refractivity contribution in [2.24, 2.45) is 0 Å². The van der Waals surface area contributed by atoms with Gasteiger partial charge in [0.05, 0.1) is 5.56 Å². The zero-order chi connectivity index (χ0) is 13.8. The van der Waals surface area contributed by atoms with Crippen molar-refractivity contribution in [2.75, 3.05) is 0 Å². The van der Waals surface area contributed by atoms with Gasteiger partial charge in [-0.15, -0.1) is 12.6 Å². The van der Waals surface area contributed by atoms with E-state index < -0.39 is 0 Å². The maximum absolute atomic E-state index is 13.4. The molecule has 0 fully saturated rings. The van der Waals surface area contributed by atoms with Crippen LogP contribution in [-0.2, 0) is 6.54 Å². The molecule has 1 N–H and O–H groups in total. The highest BCUT2D eigenvalue weighted by Crippen LogP contribution is 2.19. The lowest BCUT2D eigenvalue weighted by Gasteiger charge is -2.08. The van der Waals surface area contributed by atoms with Crippen molar-refractivity contribution < 1.29 is 9.18 Å². The fourth-order valence-corrected chi connectivity index (χ4v) is 2.46. The third-order valence-electron chi connectivity index (χ3n) is 2.60. The van der Waals surface area contributed by atoms with Crippen molar-refractivity contribution in [3.63, 3.8) is 0 Å². The van der Waals surface area contributed by atoms with Crippen LogP contribution >= 0.6 is 28.6 Å². The van der Waals surface area contributed by atoms with E-state index in [9.17, 15) is 9.18 Å². The highest BCUT2D eigenvalue weighted by molar-refractivity contribution is 9.10. The first kappa shape index (κ1) is 14.1. The fraction of sp³-hybridized carbons (Fsp3) is 0.0714. The molecule has 0 saturated carbocycles. The van der Waals surface area contributed by atoms with Crippen molar-refractivity contribution in [1.29, 1.82) is 0 Å². The standard InChI is InChI=1S/C14H11BrFNOS/c15-10-5-6-11(13(19)7-10)14(18)17-8-9-3-1-2-4-12(9)16/h1-7,19H,8H2,(H,17,18). The van der Waals surface area contributed by atoms with E-state index in [1.165, 1.54) is 6.07 Å². The van der Waals surface area contributed by atoms with Crippen molar-refractivity contribution >= 4 is 34.5 Å². The highest BCUT2D eigenvalue weighted by Gasteiger charge is 2.10. The van der Waals surface area contributed by atoms with Crippen molar-refractivity contribution in [3.8, 4) is 0 Å². The van der Waals surface area contributed by atoms with Crippen molar-refractivity contribution in [1.82, 2.24) is 5.32 Å². The Balaban J connectivity index is 2.08. The Morgan fingerprint density at radius 3 is 2.68 bits per heavy atom. The summed E-state index contributed by atoms with van der Waals surface area (Å²) in [5.41, 5.74) is 0.913. The summed E-state index contributed by atoms with van der Waals surface area (Å²) in [7, 11) is 0.